The Morgan fingerprint density at radius 3 is 0.971 bits per heavy atom. The van der Waals surface area contributed by atoms with Crippen molar-refractivity contribution in [3.05, 3.63) is 140 Å². The van der Waals surface area contributed by atoms with Crippen molar-refractivity contribution in [3.63, 3.8) is 0 Å². The van der Waals surface area contributed by atoms with Crippen molar-refractivity contribution >= 4 is 76.9 Å². The Labute approximate surface area is 632 Å². The lowest BCUT2D eigenvalue weighted by Gasteiger charge is -2.29. The van der Waals surface area contributed by atoms with Crippen molar-refractivity contribution in [2.75, 3.05) is 113 Å². The summed E-state index contributed by atoms with van der Waals surface area (Å²) in [4.78, 5) is 22.6. The molecule has 105 heavy (non-hydrogen) atoms. The molecule has 6 rings (SSSR count). The van der Waals surface area contributed by atoms with E-state index in [-0.39, 0.29) is 12.3 Å². The van der Waals surface area contributed by atoms with Gasteiger partial charge in [-0.05, 0) is 204 Å². The normalized spacial score (nSPS) is 13.2. The highest BCUT2D eigenvalue weighted by molar-refractivity contribution is 6.76. The van der Waals surface area contributed by atoms with Crippen LogP contribution in [0.1, 0.15) is 156 Å². The highest BCUT2D eigenvalue weighted by Gasteiger charge is 2.47. The zero-order valence-corrected chi connectivity index (χ0v) is 71.3. The molecular weight excluding hydrogens is 1440 g/mol. The number of hydrogen-bond acceptors (Lipinski definition) is 24. The van der Waals surface area contributed by atoms with E-state index in [9.17, 15) is 9.59 Å². The molecule has 1 heterocycles. The molecule has 0 amide bonds. The van der Waals surface area contributed by atoms with E-state index in [1.807, 2.05) is 189 Å². The Bertz CT molecular complexity index is 2970. The summed E-state index contributed by atoms with van der Waals surface area (Å²) in [6.45, 7) is 48.2. The van der Waals surface area contributed by atoms with E-state index >= 15 is 0 Å². The number of carbonyl (C=O) groups excluding carboxylic acids is 2. The van der Waals surface area contributed by atoms with Gasteiger partial charge < -0.3 is 99.5 Å². The van der Waals surface area contributed by atoms with Gasteiger partial charge in [-0.15, -0.1) is 0 Å². The van der Waals surface area contributed by atoms with Crippen molar-refractivity contribution in [2.24, 2.45) is 0 Å². The first-order valence-corrected chi connectivity index (χ1v) is 45.6. The molecule has 0 bridgehead atoms. The largest absolute Gasteiger partial charge is 0.537 e. The van der Waals surface area contributed by atoms with Crippen LogP contribution in [0, 0.1) is 0 Å². The highest BCUT2D eigenvalue weighted by atomic mass is 28.4. The maximum atomic E-state index is 11.7. The summed E-state index contributed by atoms with van der Waals surface area (Å²) in [6, 6.07) is 38.1. The van der Waals surface area contributed by atoms with E-state index in [2.05, 4.69) is 6.58 Å². The number of carbonyl (C=O) groups is 2. The van der Waals surface area contributed by atoms with Gasteiger partial charge in [0.1, 0.15) is 34.3 Å². The Kier molecular flexibility index (Phi) is 48.5. The summed E-state index contributed by atoms with van der Waals surface area (Å²) in [6.07, 6.45) is 3.73. The number of esters is 1. The molecule has 0 N–H and O–H groups in total. The second-order valence-corrected chi connectivity index (χ2v) is 35.7. The van der Waals surface area contributed by atoms with Crippen LogP contribution in [0.15, 0.2) is 134 Å². The SMILES string of the molecule is C=COc1ccc([Si](OCC)(OCC)OCC)cc1.CCO[Si](Cc1ccc(OC)cc1)(OCC)OCC.CCO[Si](OCC)(OCC)c1ccc(OC(=O)OC(C)(C)C)cc1.CCO[Si](OCC)(OCC)c1ccc(OC(C)=O)cc1.CCO[Si](OCC)(OCC)c1ccc(OC2CCCCO2)cc1. The minimum Gasteiger partial charge on any atom is -0.497 e. The predicted molar refractivity (Wildman–Crippen MR) is 417 cm³/mol. The van der Waals surface area contributed by atoms with Gasteiger partial charge in [0.05, 0.1) is 20.0 Å². The Balaban J connectivity index is 0.000000447. The maximum absolute atomic E-state index is 11.7. The van der Waals surface area contributed by atoms with E-state index in [0.717, 1.165) is 69.4 Å². The lowest BCUT2D eigenvalue weighted by atomic mass is 10.2. The van der Waals surface area contributed by atoms with E-state index in [4.69, 9.17) is 99.5 Å². The molecule has 29 heteroatoms. The van der Waals surface area contributed by atoms with Gasteiger partial charge in [-0.2, -0.15) is 0 Å². The van der Waals surface area contributed by atoms with Crippen LogP contribution in [-0.2, 0) is 86.7 Å². The Hall–Kier alpha value is -5.58. The average molecular weight is 1560 g/mol. The molecule has 5 aromatic rings. The van der Waals surface area contributed by atoms with Crippen LogP contribution >= 0.6 is 0 Å². The molecule has 24 nitrogen and oxygen atoms in total. The topological polar surface area (TPSA) is 237 Å². The second kappa shape index (κ2) is 53.3. The number of benzene rings is 5. The van der Waals surface area contributed by atoms with Gasteiger partial charge in [0.15, 0.2) is 6.29 Å². The first kappa shape index (κ1) is 95.5. The number of methoxy groups -OCH3 is 1. The van der Waals surface area contributed by atoms with Gasteiger partial charge in [-0.1, -0.05) is 67.2 Å². The summed E-state index contributed by atoms with van der Waals surface area (Å²) in [5.41, 5.74) is 0.542. The molecule has 0 radical (unpaired) electrons. The fourth-order valence-electron chi connectivity index (χ4n) is 10.2. The molecule has 0 saturated carbocycles. The molecule has 5 aromatic carbocycles. The molecule has 1 unspecified atom stereocenters. The van der Waals surface area contributed by atoms with E-state index in [1.165, 1.54) is 13.2 Å². The van der Waals surface area contributed by atoms with Gasteiger partial charge >= 0.3 is 56.1 Å². The molecule has 1 aliphatic heterocycles. The number of hydrogen-bond donors (Lipinski definition) is 0. The van der Waals surface area contributed by atoms with Crippen molar-refractivity contribution in [3.8, 4) is 28.7 Å². The molecule has 0 spiro atoms. The van der Waals surface area contributed by atoms with E-state index in [1.54, 1.807) is 64.3 Å². The number of ether oxygens (including phenoxy) is 7. The minimum atomic E-state index is -2.94. The molecule has 0 aliphatic carbocycles. The molecule has 592 valence electrons. The molecule has 1 aliphatic rings. The third-order valence-corrected chi connectivity index (χ3v) is 29.2. The van der Waals surface area contributed by atoms with E-state index < -0.39 is 55.8 Å². The fraction of sp³-hybridized carbons (Fsp3) is 0.553. The quantitative estimate of drug-likeness (QED) is 0.0116. The monoisotopic (exact) mass is 1560 g/mol. The first-order valence-electron chi connectivity index (χ1n) is 36.8. The van der Waals surface area contributed by atoms with Gasteiger partial charge in [0, 0.05) is 139 Å². The van der Waals surface area contributed by atoms with Gasteiger partial charge in [-0.3, -0.25) is 4.79 Å². The molecule has 1 fully saturated rings. The standard InChI is InChI=1S/C17H28O6Si.C17H28O5Si.C14H22O5Si.C14H24O4Si.C14H22O4Si/c1-7-19-24(20-8-2,21-9-3)15-12-10-14(11-13-15)22-16(18)23-17(4,5)6;1-4-19-23(20-5-2,21-6-3)16-12-10-15(11-13-16)22-17-9-7-8-14-18-17;1-5-16-20(17-6-2,18-7-3)14-10-8-13(9-11-14)19-12(4)15;1-5-16-19(17-6-2,18-7-3)12-13-8-10-14(15-4)11-9-13;1-5-15-13-9-11-14(12-10-13)19(16-6-2,17-7-3)18-8-4/h10-13H,7-9H2,1-6H3;10-13,17H,4-9,14H2,1-3H3;8-11H,5-7H2,1-4H3;8-11H,5-7,12H2,1-4H3;5,9-12H,1,6-8H2,2-4H3. The van der Waals surface area contributed by atoms with Crippen LogP contribution in [0.5, 0.6) is 28.7 Å². The van der Waals surface area contributed by atoms with Crippen LogP contribution < -0.4 is 44.4 Å². The Morgan fingerprint density at radius 2 is 0.705 bits per heavy atom. The van der Waals surface area contributed by atoms with Crippen molar-refractivity contribution in [1.29, 1.82) is 0 Å². The van der Waals surface area contributed by atoms with Gasteiger partial charge in [-0.25, -0.2) is 4.79 Å². The van der Waals surface area contributed by atoms with Crippen LogP contribution in [0.4, 0.5) is 4.79 Å². The molecule has 1 saturated heterocycles. The van der Waals surface area contributed by atoms with Crippen molar-refractivity contribution in [2.45, 2.75) is 169 Å². The van der Waals surface area contributed by atoms with Crippen LogP contribution in [0.2, 0.25) is 0 Å². The van der Waals surface area contributed by atoms with Crippen LogP contribution in [0.3, 0.4) is 0 Å². The summed E-state index contributed by atoms with van der Waals surface area (Å²) in [5.74, 6) is 2.91. The average Bonchev–Trinajstić information content (AvgIpc) is 0.757. The zero-order chi connectivity index (χ0) is 78.1. The predicted octanol–water partition coefficient (Wildman–Crippen LogP) is 13.3. The fourth-order valence-corrected chi connectivity index (χ4v) is 22.7. The maximum Gasteiger partial charge on any atom is 0.537 e. The highest BCUT2D eigenvalue weighted by Crippen LogP contribution is 2.24. The lowest BCUT2D eigenvalue weighted by molar-refractivity contribution is -0.131. The smallest absolute Gasteiger partial charge is 0.497 e. The molecular formula is C76H124O24Si5. The van der Waals surface area contributed by atoms with Gasteiger partial charge in [0.25, 0.3) is 0 Å². The van der Waals surface area contributed by atoms with Crippen molar-refractivity contribution < 1.29 is 109 Å². The third kappa shape index (κ3) is 34.3. The summed E-state index contributed by atoms with van der Waals surface area (Å²) >= 11 is 0. The first-order chi connectivity index (χ1) is 50.5. The summed E-state index contributed by atoms with van der Waals surface area (Å²) in [5, 5.41) is 3.58. The molecule has 0 aromatic heterocycles. The van der Waals surface area contributed by atoms with Crippen LogP contribution in [-0.4, -0.2) is 181 Å². The number of rotatable bonds is 43. The van der Waals surface area contributed by atoms with E-state index in [0.29, 0.717) is 117 Å². The second-order valence-electron chi connectivity index (χ2n) is 22.9. The molecule has 1 atom stereocenters. The Morgan fingerprint density at radius 1 is 0.410 bits per heavy atom. The van der Waals surface area contributed by atoms with Crippen LogP contribution in [0.25, 0.3) is 0 Å². The zero-order valence-electron chi connectivity index (χ0n) is 66.3. The van der Waals surface area contributed by atoms with Gasteiger partial charge in [0.2, 0.25) is 0 Å². The summed E-state index contributed by atoms with van der Waals surface area (Å²) < 4.78 is 125. The minimum absolute atomic E-state index is 0.137. The summed E-state index contributed by atoms with van der Waals surface area (Å²) in [7, 11) is -12.4. The lowest BCUT2D eigenvalue weighted by Crippen LogP contribution is -2.56. The third-order valence-electron chi connectivity index (χ3n) is 14.0. The van der Waals surface area contributed by atoms with Crippen molar-refractivity contribution in [1.82, 2.24) is 0 Å².